The number of fused-ring (bicyclic) bond motifs is 1. The van der Waals surface area contributed by atoms with Crippen molar-refractivity contribution in [3.8, 4) is 5.75 Å². The molecule has 0 fully saturated rings. The molecule has 1 aliphatic rings. The maximum atomic E-state index is 12.1. The van der Waals surface area contributed by atoms with Crippen molar-refractivity contribution in [2.24, 2.45) is 5.10 Å². The van der Waals surface area contributed by atoms with Crippen LogP contribution in [0.4, 0.5) is 0 Å². The number of ether oxygens (including phenoxy) is 1. The molecular formula is C17H16N2O4S. The van der Waals surface area contributed by atoms with Crippen LogP contribution in [0, 0.1) is 0 Å². The van der Waals surface area contributed by atoms with Gasteiger partial charge in [-0.2, -0.15) is 5.10 Å². The first-order valence-electron chi connectivity index (χ1n) is 7.51. The van der Waals surface area contributed by atoms with Gasteiger partial charge in [-0.05, 0) is 60.7 Å². The Morgan fingerprint density at radius 2 is 2.08 bits per heavy atom. The van der Waals surface area contributed by atoms with Crippen LogP contribution < -0.4 is 10.2 Å². The molecule has 0 saturated carbocycles. The summed E-state index contributed by atoms with van der Waals surface area (Å²) in [5, 5.41) is 12.5. The first-order chi connectivity index (χ1) is 11.6. The number of carboxylic acids is 1. The van der Waals surface area contributed by atoms with Crippen molar-refractivity contribution in [2.75, 3.05) is 6.61 Å². The van der Waals surface area contributed by atoms with Crippen LogP contribution >= 0.6 is 11.3 Å². The van der Waals surface area contributed by atoms with Gasteiger partial charge in [-0.1, -0.05) is 0 Å². The molecule has 0 atom stereocenters. The number of nitrogens with zero attached hydrogens (tertiary/aromatic N) is 1. The Morgan fingerprint density at radius 1 is 1.29 bits per heavy atom. The van der Waals surface area contributed by atoms with E-state index in [0.717, 1.165) is 18.4 Å². The lowest BCUT2D eigenvalue weighted by molar-refractivity contribution is -0.139. The maximum Gasteiger partial charge on any atom is 0.341 e. The van der Waals surface area contributed by atoms with E-state index < -0.39 is 5.97 Å². The zero-order valence-electron chi connectivity index (χ0n) is 12.8. The number of carboxylic acid groups (broad SMARTS) is 1. The zero-order valence-corrected chi connectivity index (χ0v) is 13.6. The minimum absolute atomic E-state index is 0.202. The molecule has 1 aliphatic carbocycles. The molecule has 1 aromatic heterocycles. The largest absolute Gasteiger partial charge is 0.482 e. The Hall–Kier alpha value is -2.67. The molecule has 0 spiro atoms. The second kappa shape index (κ2) is 7.27. The number of aryl methyl sites for hydroxylation is 2. The first-order valence-corrected chi connectivity index (χ1v) is 8.33. The van der Waals surface area contributed by atoms with Crippen LogP contribution in [0.15, 0.2) is 35.4 Å². The molecule has 0 aliphatic heterocycles. The van der Waals surface area contributed by atoms with Crippen LogP contribution in [0.5, 0.6) is 5.75 Å². The molecule has 1 aromatic carbocycles. The fraction of sp³-hybridized carbons (Fsp3) is 0.235. The SMILES string of the molecule is O=C(O)COc1ccc(/C=N\NC(=O)c2cc3c(s2)CCC3)cc1. The van der Waals surface area contributed by atoms with Crippen LogP contribution in [0.25, 0.3) is 0 Å². The highest BCUT2D eigenvalue weighted by atomic mass is 32.1. The van der Waals surface area contributed by atoms with Crippen LogP contribution in [0.2, 0.25) is 0 Å². The Morgan fingerprint density at radius 3 is 2.79 bits per heavy atom. The highest BCUT2D eigenvalue weighted by molar-refractivity contribution is 7.14. The molecule has 1 heterocycles. The van der Waals surface area contributed by atoms with Gasteiger partial charge in [0.1, 0.15) is 5.75 Å². The van der Waals surface area contributed by atoms with Gasteiger partial charge in [-0.25, -0.2) is 10.2 Å². The van der Waals surface area contributed by atoms with Gasteiger partial charge in [0, 0.05) is 4.88 Å². The number of hydrogen-bond donors (Lipinski definition) is 2. The van der Waals surface area contributed by atoms with Crippen LogP contribution in [-0.4, -0.2) is 29.8 Å². The van der Waals surface area contributed by atoms with Gasteiger partial charge >= 0.3 is 5.97 Å². The minimum atomic E-state index is -1.03. The number of benzene rings is 1. The summed E-state index contributed by atoms with van der Waals surface area (Å²) < 4.78 is 5.04. The summed E-state index contributed by atoms with van der Waals surface area (Å²) in [4.78, 5) is 24.5. The number of hydrogen-bond acceptors (Lipinski definition) is 5. The van der Waals surface area contributed by atoms with Gasteiger partial charge in [-0.3, -0.25) is 4.79 Å². The second-order valence-electron chi connectivity index (χ2n) is 5.36. The van der Waals surface area contributed by atoms with Crippen molar-refractivity contribution in [2.45, 2.75) is 19.3 Å². The van der Waals surface area contributed by atoms with E-state index in [-0.39, 0.29) is 12.5 Å². The predicted molar refractivity (Wildman–Crippen MR) is 91.0 cm³/mol. The van der Waals surface area contributed by atoms with E-state index in [9.17, 15) is 9.59 Å². The fourth-order valence-corrected chi connectivity index (χ4v) is 3.60. The molecule has 0 saturated heterocycles. The quantitative estimate of drug-likeness (QED) is 0.622. The molecule has 0 bridgehead atoms. The topological polar surface area (TPSA) is 88.0 Å². The summed E-state index contributed by atoms with van der Waals surface area (Å²) >= 11 is 1.54. The third-order valence-electron chi connectivity index (χ3n) is 3.59. The predicted octanol–water partition coefficient (Wildman–Crippen LogP) is 2.46. The number of carbonyl (C=O) groups excluding carboxylic acids is 1. The highest BCUT2D eigenvalue weighted by Crippen LogP contribution is 2.30. The van der Waals surface area contributed by atoms with Gasteiger partial charge in [0.2, 0.25) is 0 Å². The molecule has 7 heteroatoms. The van der Waals surface area contributed by atoms with Crippen LogP contribution in [0.1, 0.15) is 32.1 Å². The molecule has 124 valence electrons. The average molecular weight is 344 g/mol. The molecule has 24 heavy (non-hydrogen) atoms. The number of carbonyl (C=O) groups is 2. The lowest BCUT2D eigenvalue weighted by Gasteiger charge is -2.02. The van der Waals surface area contributed by atoms with Crippen LogP contribution in [-0.2, 0) is 17.6 Å². The van der Waals surface area contributed by atoms with E-state index in [4.69, 9.17) is 9.84 Å². The van der Waals surface area contributed by atoms with Gasteiger partial charge in [0.15, 0.2) is 6.61 Å². The summed E-state index contributed by atoms with van der Waals surface area (Å²) in [6.45, 7) is -0.381. The van der Waals surface area contributed by atoms with E-state index in [0.29, 0.717) is 10.6 Å². The summed E-state index contributed by atoms with van der Waals surface area (Å²) in [5.74, 6) is -0.762. The fourth-order valence-electron chi connectivity index (χ4n) is 2.46. The number of thiophene rings is 1. The summed E-state index contributed by atoms with van der Waals surface area (Å²) in [7, 11) is 0. The minimum Gasteiger partial charge on any atom is -0.482 e. The van der Waals surface area contributed by atoms with E-state index in [1.165, 1.54) is 34.4 Å². The molecule has 2 aromatic rings. The molecule has 2 N–H and O–H groups in total. The van der Waals surface area contributed by atoms with Crippen molar-refractivity contribution in [1.29, 1.82) is 0 Å². The van der Waals surface area contributed by atoms with E-state index in [2.05, 4.69) is 10.5 Å². The monoisotopic (exact) mass is 344 g/mol. The maximum absolute atomic E-state index is 12.1. The van der Waals surface area contributed by atoms with Gasteiger partial charge < -0.3 is 9.84 Å². The Bertz CT molecular complexity index is 759. The van der Waals surface area contributed by atoms with Crippen molar-refractivity contribution in [1.82, 2.24) is 5.43 Å². The third kappa shape index (κ3) is 3.99. The van der Waals surface area contributed by atoms with Crippen molar-refractivity contribution in [3.63, 3.8) is 0 Å². The van der Waals surface area contributed by atoms with E-state index >= 15 is 0 Å². The standard InChI is InChI=1S/C17H16N2O4S/c20-16(21)10-23-13-6-4-11(5-7-13)9-18-19-17(22)15-8-12-2-1-3-14(12)24-15/h4-9H,1-3,10H2,(H,19,22)(H,20,21)/b18-9-. The molecule has 1 amide bonds. The molecule has 0 unspecified atom stereocenters. The zero-order chi connectivity index (χ0) is 16.9. The number of hydrazone groups is 1. The lowest BCUT2D eigenvalue weighted by Crippen LogP contribution is -2.16. The van der Waals surface area contributed by atoms with Gasteiger partial charge in [0.05, 0.1) is 11.1 Å². The van der Waals surface area contributed by atoms with Gasteiger partial charge in [-0.15, -0.1) is 11.3 Å². The summed E-state index contributed by atoms with van der Waals surface area (Å²) in [5.41, 5.74) is 4.58. The third-order valence-corrected chi connectivity index (χ3v) is 4.83. The number of nitrogens with one attached hydrogen (secondary N) is 1. The number of aliphatic carboxylic acids is 1. The highest BCUT2D eigenvalue weighted by Gasteiger charge is 2.17. The Labute approximate surface area is 142 Å². The van der Waals surface area contributed by atoms with Crippen molar-refractivity contribution in [3.05, 3.63) is 51.2 Å². The van der Waals surface area contributed by atoms with E-state index in [1.807, 2.05) is 6.07 Å². The van der Waals surface area contributed by atoms with Crippen molar-refractivity contribution < 1.29 is 19.4 Å². The van der Waals surface area contributed by atoms with Gasteiger partial charge in [0.25, 0.3) is 5.91 Å². The molecule has 0 radical (unpaired) electrons. The van der Waals surface area contributed by atoms with Crippen molar-refractivity contribution >= 4 is 29.4 Å². The second-order valence-corrected chi connectivity index (χ2v) is 6.50. The van der Waals surface area contributed by atoms with E-state index in [1.54, 1.807) is 24.3 Å². The molecule has 3 rings (SSSR count). The lowest BCUT2D eigenvalue weighted by atomic mass is 10.2. The Balaban J connectivity index is 1.53. The Kier molecular flexibility index (Phi) is 4.90. The summed E-state index contributed by atoms with van der Waals surface area (Å²) in [6.07, 6.45) is 4.82. The first kappa shape index (κ1) is 16.2. The van der Waals surface area contributed by atoms with Crippen LogP contribution in [0.3, 0.4) is 0 Å². The normalized spacial score (nSPS) is 13.0. The smallest absolute Gasteiger partial charge is 0.341 e. The number of amides is 1. The molecule has 6 nitrogen and oxygen atoms in total. The summed E-state index contributed by atoms with van der Waals surface area (Å²) in [6, 6.07) is 8.71. The molecular weight excluding hydrogens is 328 g/mol. The number of rotatable bonds is 6. The average Bonchev–Trinajstić information content (AvgIpc) is 3.15.